The molecule has 2 N–H and O–H groups in total. The van der Waals surface area contributed by atoms with E-state index in [0.717, 1.165) is 24.0 Å². The Morgan fingerprint density at radius 3 is 2.38 bits per heavy atom. The van der Waals surface area contributed by atoms with Crippen molar-refractivity contribution in [2.24, 2.45) is 0 Å². The molecule has 1 rings (SSSR count). The van der Waals surface area contributed by atoms with Gasteiger partial charge in [-0.25, -0.2) is 4.98 Å². The molecule has 1 heterocycles. The molecule has 0 radical (unpaired) electrons. The maximum atomic E-state index is 5.93. The molecule has 0 aliphatic heterocycles. The summed E-state index contributed by atoms with van der Waals surface area (Å²) in [6, 6.07) is 2.09. The highest BCUT2D eigenvalue weighted by Crippen LogP contribution is 2.33. The van der Waals surface area contributed by atoms with Gasteiger partial charge in [0.15, 0.2) is 0 Å². The van der Waals surface area contributed by atoms with Crippen LogP contribution in [0.4, 0.5) is 5.82 Å². The number of nitrogens with two attached hydrogens (primary N) is 1. The number of anilines is 1. The molecule has 0 aromatic carbocycles. The summed E-state index contributed by atoms with van der Waals surface area (Å²) in [5.74, 6) is 0.598. The summed E-state index contributed by atoms with van der Waals surface area (Å²) in [6.07, 6.45) is 3.73. The molecule has 1 aromatic heterocycles. The van der Waals surface area contributed by atoms with Crippen molar-refractivity contribution in [2.75, 3.05) is 12.3 Å². The van der Waals surface area contributed by atoms with Gasteiger partial charge in [-0.2, -0.15) is 0 Å². The van der Waals surface area contributed by atoms with Crippen molar-refractivity contribution in [3.8, 4) is 0 Å². The van der Waals surface area contributed by atoms with Gasteiger partial charge < -0.3 is 10.5 Å². The second-order valence-electron chi connectivity index (χ2n) is 4.06. The minimum absolute atomic E-state index is 0.208. The number of rotatable bonds is 5. The Balaban J connectivity index is 3.14. The molecule has 0 bridgehead atoms. The number of ether oxygens (including phenoxy) is 1. The van der Waals surface area contributed by atoms with Gasteiger partial charge in [-0.05, 0) is 38.3 Å². The van der Waals surface area contributed by atoms with Crippen LogP contribution >= 0.6 is 0 Å². The predicted molar refractivity (Wildman–Crippen MR) is 67.3 cm³/mol. The van der Waals surface area contributed by atoms with Gasteiger partial charge in [0.1, 0.15) is 5.82 Å². The van der Waals surface area contributed by atoms with E-state index in [1.54, 1.807) is 0 Å². The number of hydrogen-bond donors (Lipinski definition) is 1. The van der Waals surface area contributed by atoms with Crippen molar-refractivity contribution in [3.05, 3.63) is 23.4 Å². The lowest BCUT2D eigenvalue weighted by Gasteiger charge is -2.32. The van der Waals surface area contributed by atoms with Crippen LogP contribution in [-0.2, 0) is 10.3 Å². The fourth-order valence-corrected chi connectivity index (χ4v) is 2.06. The number of nitrogens with zero attached hydrogens (tertiary/aromatic N) is 1. The zero-order chi connectivity index (χ0) is 12.2. The first-order valence-electron chi connectivity index (χ1n) is 5.96. The second-order valence-corrected chi connectivity index (χ2v) is 4.06. The Hall–Kier alpha value is -1.09. The molecule has 0 aliphatic rings. The van der Waals surface area contributed by atoms with E-state index in [9.17, 15) is 0 Å². The lowest BCUT2D eigenvalue weighted by atomic mass is 9.88. The van der Waals surface area contributed by atoms with E-state index in [1.165, 1.54) is 0 Å². The summed E-state index contributed by atoms with van der Waals surface area (Å²) in [5.41, 5.74) is 7.68. The number of hydrogen-bond acceptors (Lipinski definition) is 3. The van der Waals surface area contributed by atoms with Gasteiger partial charge >= 0.3 is 0 Å². The average Bonchev–Trinajstić information content (AvgIpc) is 2.30. The van der Waals surface area contributed by atoms with Crippen LogP contribution in [0.15, 0.2) is 12.3 Å². The van der Waals surface area contributed by atoms with Gasteiger partial charge in [-0.15, -0.1) is 0 Å². The van der Waals surface area contributed by atoms with E-state index < -0.39 is 0 Å². The standard InChI is InChI=1S/C13H22N2O/c1-5-13(6-2,16-7-3)11-8-10(4)12(14)15-9-11/h8-9H,5-7H2,1-4H3,(H2,14,15). The summed E-state index contributed by atoms with van der Waals surface area (Å²) in [7, 11) is 0. The molecular formula is C13H22N2O. The highest BCUT2D eigenvalue weighted by atomic mass is 16.5. The van der Waals surface area contributed by atoms with Gasteiger partial charge in [0, 0.05) is 18.4 Å². The van der Waals surface area contributed by atoms with Crippen LogP contribution in [0.5, 0.6) is 0 Å². The maximum Gasteiger partial charge on any atom is 0.126 e. The summed E-state index contributed by atoms with van der Waals surface area (Å²) >= 11 is 0. The normalized spacial score (nSPS) is 11.8. The molecule has 3 nitrogen and oxygen atoms in total. The predicted octanol–water partition coefficient (Wildman–Crippen LogP) is 3.02. The Morgan fingerprint density at radius 1 is 1.31 bits per heavy atom. The lowest BCUT2D eigenvalue weighted by Crippen LogP contribution is -2.28. The molecule has 1 aromatic rings. The SMILES string of the molecule is CCOC(CC)(CC)c1cnc(N)c(C)c1. The van der Waals surface area contributed by atoms with Crippen LogP contribution in [0.3, 0.4) is 0 Å². The summed E-state index contributed by atoms with van der Waals surface area (Å²) in [6.45, 7) is 9.01. The van der Waals surface area contributed by atoms with Crippen LogP contribution in [0.1, 0.15) is 44.7 Å². The van der Waals surface area contributed by atoms with E-state index >= 15 is 0 Å². The Morgan fingerprint density at radius 2 is 1.94 bits per heavy atom. The fraction of sp³-hybridized carbons (Fsp3) is 0.615. The third kappa shape index (κ3) is 2.35. The Bertz CT molecular complexity index is 346. The van der Waals surface area contributed by atoms with Gasteiger partial charge in [-0.3, -0.25) is 0 Å². The quantitative estimate of drug-likeness (QED) is 0.833. The average molecular weight is 222 g/mol. The third-order valence-corrected chi connectivity index (χ3v) is 3.21. The van der Waals surface area contributed by atoms with Crippen LogP contribution in [0.2, 0.25) is 0 Å². The van der Waals surface area contributed by atoms with E-state index in [-0.39, 0.29) is 5.60 Å². The second kappa shape index (κ2) is 5.30. The zero-order valence-corrected chi connectivity index (χ0v) is 10.7. The molecule has 0 saturated heterocycles. The van der Waals surface area contributed by atoms with Gasteiger partial charge in [0.2, 0.25) is 0 Å². The van der Waals surface area contributed by atoms with Crippen molar-refractivity contribution < 1.29 is 4.74 Å². The van der Waals surface area contributed by atoms with Gasteiger partial charge in [0.05, 0.1) is 5.60 Å². The molecule has 0 aliphatic carbocycles. The van der Waals surface area contributed by atoms with Crippen molar-refractivity contribution >= 4 is 5.82 Å². The zero-order valence-electron chi connectivity index (χ0n) is 10.7. The molecule has 0 unspecified atom stereocenters. The first-order chi connectivity index (χ1) is 7.59. The van der Waals surface area contributed by atoms with E-state index in [2.05, 4.69) is 24.9 Å². The third-order valence-electron chi connectivity index (χ3n) is 3.21. The van der Waals surface area contributed by atoms with Gasteiger partial charge in [-0.1, -0.05) is 13.8 Å². The van der Waals surface area contributed by atoms with Crippen molar-refractivity contribution in [3.63, 3.8) is 0 Å². The number of aryl methyl sites for hydroxylation is 1. The Labute approximate surface area is 98.0 Å². The molecular weight excluding hydrogens is 200 g/mol. The molecule has 0 saturated carbocycles. The highest BCUT2D eigenvalue weighted by Gasteiger charge is 2.29. The first-order valence-corrected chi connectivity index (χ1v) is 5.96. The molecule has 3 heteroatoms. The van der Waals surface area contributed by atoms with Gasteiger partial charge in [0.25, 0.3) is 0 Å². The largest absolute Gasteiger partial charge is 0.383 e. The van der Waals surface area contributed by atoms with Crippen LogP contribution in [-0.4, -0.2) is 11.6 Å². The molecule has 90 valence electrons. The maximum absolute atomic E-state index is 5.93. The fourth-order valence-electron chi connectivity index (χ4n) is 2.06. The molecule has 0 amide bonds. The van der Waals surface area contributed by atoms with Crippen LogP contribution in [0.25, 0.3) is 0 Å². The summed E-state index contributed by atoms with van der Waals surface area (Å²) in [4.78, 5) is 4.22. The summed E-state index contributed by atoms with van der Waals surface area (Å²) in [5, 5.41) is 0. The van der Waals surface area contributed by atoms with E-state index in [1.807, 2.05) is 20.0 Å². The van der Waals surface area contributed by atoms with E-state index in [0.29, 0.717) is 12.4 Å². The molecule has 0 fully saturated rings. The lowest BCUT2D eigenvalue weighted by molar-refractivity contribution is -0.0507. The first kappa shape index (κ1) is 13.0. The number of pyridine rings is 1. The highest BCUT2D eigenvalue weighted by molar-refractivity contribution is 5.41. The molecule has 16 heavy (non-hydrogen) atoms. The minimum Gasteiger partial charge on any atom is -0.383 e. The molecule has 0 spiro atoms. The number of nitrogen functional groups attached to an aromatic ring is 1. The minimum atomic E-state index is -0.208. The smallest absolute Gasteiger partial charge is 0.126 e. The Kier molecular flexibility index (Phi) is 4.30. The van der Waals surface area contributed by atoms with Crippen LogP contribution in [0, 0.1) is 6.92 Å². The number of aromatic nitrogens is 1. The van der Waals surface area contributed by atoms with Crippen molar-refractivity contribution in [1.82, 2.24) is 4.98 Å². The monoisotopic (exact) mass is 222 g/mol. The van der Waals surface area contributed by atoms with Crippen molar-refractivity contribution in [2.45, 2.75) is 46.1 Å². The van der Waals surface area contributed by atoms with Crippen LogP contribution < -0.4 is 5.73 Å². The summed E-state index contributed by atoms with van der Waals surface area (Å²) < 4.78 is 5.93. The topological polar surface area (TPSA) is 48.1 Å². The molecule has 0 atom stereocenters. The van der Waals surface area contributed by atoms with Crippen molar-refractivity contribution in [1.29, 1.82) is 0 Å². The van der Waals surface area contributed by atoms with E-state index in [4.69, 9.17) is 10.5 Å².